The molecule has 0 bridgehead atoms. The highest BCUT2D eigenvalue weighted by Gasteiger charge is 2.17. The summed E-state index contributed by atoms with van der Waals surface area (Å²) in [5.74, 6) is 1.39. The maximum absolute atomic E-state index is 13.0. The van der Waals surface area contributed by atoms with Crippen molar-refractivity contribution in [2.45, 2.75) is 12.5 Å². The van der Waals surface area contributed by atoms with Crippen LogP contribution in [0.2, 0.25) is 0 Å². The molecule has 0 fully saturated rings. The third kappa shape index (κ3) is 4.92. The molecule has 8 heteroatoms. The van der Waals surface area contributed by atoms with E-state index in [1.807, 2.05) is 48.5 Å². The van der Waals surface area contributed by atoms with E-state index in [0.29, 0.717) is 12.0 Å². The van der Waals surface area contributed by atoms with Crippen LogP contribution in [0.5, 0.6) is 11.5 Å². The number of hydrogen-bond donors (Lipinski definition) is 1. The number of nitrogens with zero attached hydrogens (tertiary/aromatic N) is 4. The summed E-state index contributed by atoms with van der Waals surface area (Å²) in [5, 5.41) is 14.3. The second kappa shape index (κ2) is 9.74. The Kier molecular flexibility index (Phi) is 6.41. The Bertz CT molecular complexity index is 1140. The molecular formula is C24H23N5O3. The third-order valence-corrected chi connectivity index (χ3v) is 5.17. The van der Waals surface area contributed by atoms with Gasteiger partial charge in [-0.05, 0) is 76.5 Å². The molecule has 162 valence electrons. The van der Waals surface area contributed by atoms with E-state index in [9.17, 15) is 4.79 Å². The van der Waals surface area contributed by atoms with Gasteiger partial charge in [-0.3, -0.25) is 4.79 Å². The highest BCUT2D eigenvalue weighted by atomic mass is 16.5. The Balaban J connectivity index is 1.54. The Hall–Kier alpha value is -4.20. The molecule has 0 radical (unpaired) electrons. The van der Waals surface area contributed by atoms with Crippen molar-refractivity contribution >= 4 is 5.91 Å². The van der Waals surface area contributed by atoms with Gasteiger partial charge in [0.2, 0.25) is 0 Å². The Morgan fingerprint density at radius 3 is 2.09 bits per heavy atom. The lowest BCUT2D eigenvalue weighted by molar-refractivity contribution is 0.0936. The SMILES string of the molecule is COc1ccc(C[C@@H](NC(=O)c2ccc(-n3cnnn3)cc2)c2ccc(OC)cc2)cc1. The predicted octanol–water partition coefficient (Wildman–Crippen LogP) is 3.39. The highest BCUT2D eigenvalue weighted by Crippen LogP contribution is 2.23. The zero-order valence-corrected chi connectivity index (χ0v) is 17.8. The van der Waals surface area contributed by atoms with E-state index < -0.39 is 0 Å². The Morgan fingerprint density at radius 1 is 0.906 bits per heavy atom. The van der Waals surface area contributed by atoms with Crippen LogP contribution < -0.4 is 14.8 Å². The number of carbonyl (C=O) groups is 1. The lowest BCUT2D eigenvalue weighted by atomic mass is 9.98. The van der Waals surface area contributed by atoms with E-state index in [0.717, 1.165) is 28.3 Å². The summed E-state index contributed by atoms with van der Waals surface area (Å²) in [6.07, 6.45) is 2.13. The Labute approximate surface area is 185 Å². The van der Waals surface area contributed by atoms with E-state index in [-0.39, 0.29) is 11.9 Å². The molecule has 1 atom stereocenters. The summed E-state index contributed by atoms with van der Waals surface area (Å²) in [4.78, 5) is 13.0. The number of methoxy groups -OCH3 is 2. The number of benzene rings is 3. The first-order valence-electron chi connectivity index (χ1n) is 10.1. The van der Waals surface area contributed by atoms with Gasteiger partial charge >= 0.3 is 0 Å². The molecule has 4 aromatic rings. The molecule has 4 rings (SSSR count). The van der Waals surface area contributed by atoms with Crippen molar-refractivity contribution in [3.8, 4) is 17.2 Å². The molecule has 0 aliphatic carbocycles. The van der Waals surface area contributed by atoms with Crippen LogP contribution in [0.25, 0.3) is 5.69 Å². The first-order valence-corrected chi connectivity index (χ1v) is 10.1. The monoisotopic (exact) mass is 429 g/mol. The van der Waals surface area contributed by atoms with Gasteiger partial charge in [-0.2, -0.15) is 0 Å². The van der Waals surface area contributed by atoms with Crippen LogP contribution in [-0.4, -0.2) is 40.3 Å². The zero-order valence-electron chi connectivity index (χ0n) is 17.8. The Morgan fingerprint density at radius 2 is 1.53 bits per heavy atom. The molecule has 1 amide bonds. The van der Waals surface area contributed by atoms with Crippen LogP contribution in [0.4, 0.5) is 0 Å². The maximum Gasteiger partial charge on any atom is 0.251 e. The van der Waals surface area contributed by atoms with Gasteiger partial charge in [0.05, 0.1) is 25.9 Å². The van der Waals surface area contributed by atoms with E-state index in [1.165, 1.54) is 11.0 Å². The topological polar surface area (TPSA) is 91.2 Å². The third-order valence-electron chi connectivity index (χ3n) is 5.17. The fraction of sp³-hybridized carbons (Fsp3) is 0.167. The lowest BCUT2D eigenvalue weighted by Crippen LogP contribution is -2.30. The molecule has 3 aromatic carbocycles. The van der Waals surface area contributed by atoms with Gasteiger partial charge in [0.1, 0.15) is 17.8 Å². The van der Waals surface area contributed by atoms with Crippen molar-refractivity contribution in [2.75, 3.05) is 14.2 Å². The quantitative estimate of drug-likeness (QED) is 0.462. The van der Waals surface area contributed by atoms with Crippen LogP contribution in [0.15, 0.2) is 79.1 Å². The molecule has 0 saturated carbocycles. The number of ether oxygens (including phenoxy) is 2. The second-order valence-corrected chi connectivity index (χ2v) is 7.15. The maximum atomic E-state index is 13.0. The number of carbonyl (C=O) groups excluding carboxylic acids is 1. The van der Waals surface area contributed by atoms with Crippen LogP contribution >= 0.6 is 0 Å². The van der Waals surface area contributed by atoms with Crippen LogP contribution in [0, 0.1) is 0 Å². The summed E-state index contributed by atoms with van der Waals surface area (Å²) >= 11 is 0. The van der Waals surface area contributed by atoms with Gasteiger partial charge in [0.25, 0.3) is 5.91 Å². The van der Waals surface area contributed by atoms with Gasteiger partial charge in [0, 0.05) is 5.56 Å². The number of aromatic nitrogens is 4. The van der Waals surface area contributed by atoms with E-state index in [4.69, 9.17) is 9.47 Å². The van der Waals surface area contributed by atoms with Gasteiger partial charge in [-0.25, -0.2) is 4.68 Å². The molecule has 0 aliphatic rings. The van der Waals surface area contributed by atoms with Gasteiger partial charge in [-0.15, -0.1) is 5.10 Å². The van der Waals surface area contributed by atoms with Crippen LogP contribution in [-0.2, 0) is 6.42 Å². The molecule has 0 saturated heterocycles. The lowest BCUT2D eigenvalue weighted by Gasteiger charge is -2.20. The summed E-state index contributed by atoms with van der Waals surface area (Å²) in [6, 6.07) is 22.4. The normalized spacial score (nSPS) is 11.6. The average Bonchev–Trinajstić information content (AvgIpc) is 3.39. The molecule has 32 heavy (non-hydrogen) atoms. The molecule has 8 nitrogen and oxygen atoms in total. The minimum atomic E-state index is -0.221. The standard InChI is InChI=1S/C24H23N5O3/c1-31-21-11-3-17(4-12-21)15-23(18-7-13-22(32-2)14-8-18)26-24(30)19-5-9-20(10-6-19)29-16-25-27-28-29/h3-14,16,23H,15H2,1-2H3,(H,26,30)/t23-/m1/s1. The van der Waals surface area contributed by atoms with E-state index >= 15 is 0 Å². The first kappa shape index (κ1) is 21.0. The summed E-state index contributed by atoms with van der Waals surface area (Å²) in [6.45, 7) is 0. The van der Waals surface area contributed by atoms with Crippen molar-refractivity contribution < 1.29 is 14.3 Å². The number of rotatable bonds is 8. The van der Waals surface area contributed by atoms with Crippen LogP contribution in [0.3, 0.4) is 0 Å². The van der Waals surface area contributed by atoms with Crippen molar-refractivity contribution in [3.05, 3.63) is 95.8 Å². The largest absolute Gasteiger partial charge is 0.497 e. The molecular weight excluding hydrogens is 406 g/mol. The summed E-state index contributed by atoms with van der Waals surface area (Å²) < 4.78 is 12.0. The molecule has 1 aromatic heterocycles. The molecule has 1 heterocycles. The van der Waals surface area contributed by atoms with Crippen molar-refractivity contribution in [2.24, 2.45) is 0 Å². The number of tetrazole rings is 1. The summed E-state index contributed by atoms with van der Waals surface area (Å²) in [7, 11) is 3.27. The number of hydrogen-bond acceptors (Lipinski definition) is 6. The first-order chi connectivity index (χ1) is 15.7. The van der Waals surface area contributed by atoms with Crippen LogP contribution in [0.1, 0.15) is 27.5 Å². The molecule has 0 unspecified atom stereocenters. The molecule has 0 aliphatic heterocycles. The highest BCUT2D eigenvalue weighted by molar-refractivity contribution is 5.94. The minimum absolute atomic E-state index is 0.164. The fourth-order valence-electron chi connectivity index (χ4n) is 3.37. The second-order valence-electron chi connectivity index (χ2n) is 7.15. The fourth-order valence-corrected chi connectivity index (χ4v) is 3.37. The van der Waals surface area contributed by atoms with Crippen molar-refractivity contribution in [3.63, 3.8) is 0 Å². The zero-order chi connectivity index (χ0) is 22.3. The van der Waals surface area contributed by atoms with Crippen molar-refractivity contribution in [1.82, 2.24) is 25.5 Å². The molecule has 0 spiro atoms. The minimum Gasteiger partial charge on any atom is -0.497 e. The van der Waals surface area contributed by atoms with Gasteiger partial charge in [-0.1, -0.05) is 24.3 Å². The van der Waals surface area contributed by atoms with E-state index in [2.05, 4.69) is 20.8 Å². The average molecular weight is 429 g/mol. The van der Waals surface area contributed by atoms with Gasteiger partial charge in [0.15, 0.2) is 0 Å². The summed E-state index contributed by atoms with van der Waals surface area (Å²) in [5.41, 5.74) is 3.40. The number of amides is 1. The molecule has 1 N–H and O–H groups in total. The smallest absolute Gasteiger partial charge is 0.251 e. The predicted molar refractivity (Wildman–Crippen MR) is 119 cm³/mol. The van der Waals surface area contributed by atoms with Crippen molar-refractivity contribution in [1.29, 1.82) is 0 Å². The van der Waals surface area contributed by atoms with Gasteiger partial charge < -0.3 is 14.8 Å². The van der Waals surface area contributed by atoms with E-state index in [1.54, 1.807) is 38.5 Å². The number of nitrogens with one attached hydrogen (secondary N) is 1.